The van der Waals surface area contributed by atoms with E-state index in [1.165, 1.54) is 6.08 Å². The molecular formula is C10H11IO4. The minimum Gasteiger partial charge on any atom is -0.481 e. The molecule has 0 bridgehead atoms. The highest BCUT2D eigenvalue weighted by molar-refractivity contribution is 14.1. The van der Waals surface area contributed by atoms with Crippen molar-refractivity contribution < 1.29 is 19.8 Å². The second kappa shape index (κ2) is 3.96. The average Bonchev–Trinajstić information content (AvgIpc) is 1.99. The van der Waals surface area contributed by atoms with Crippen LogP contribution >= 0.6 is 22.6 Å². The molecule has 15 heavy (non-hydrogen) atoms. The molecule has 0 radical (unpaired) electrons. The third-order valence-electron chi connectivity index (χ3n) is 2.49. The summed E-state index contributed by atoms with van der Waals surface area (Å²) < 4.78 is -0.908. The van der Waals surface area contributed by atoms with Crippen LogP contribution in [0.4, 0.5) is 0 Å². The molecule has 82 valence electrons. The van der Waals surface area contributed by atoms with Crippen LogP contribution in [0, 0.1) is 5.92 Å². The normalized spacial score (nSPS) is 30.5. The molecule has 4 nitrogen and oxygen atoms in total. The molecule has 0 spiro atoms. The van der Waals surface area contributed by atoms with Gasteiger partial charge in [-0.05, 0) is 19.4 Å². The second-order valence-electron chi connectivity index (χ2n) is 3.61. The molecule has 0 aliphatic heterocycles. The first-order valence-electron chi connectivity index (χ1n) is 4.33. The van der Waals surface area contributed by atoms with E-state index in [9.17, 15) is 9.59 Å². The summed E-state index contributed by atoms with van der Waals surface area (Å²) in [5, 5.41) is 18.0. The maximum absolute atomic E-state index is 11.1. The first-order chi connectivity index (χ1) is 6.78. The molecule has 0 heterocycles. The Morgan fingerprint density at radius 3 is 2.40 bits per heavy atom. The number of carboxylic acid groups (broad SMARTS) is 2. The van der Waals surface area contributed by atoms with Crippen molar-refractivity contribution >= 4 is 34.5 Å². The molecule has 0 saturated heterocycles. The highest BCUT2D eigenvalue weighted by Crippen LogP contribution is 2.41. The predicted molar refractivity (Wildman–Crippen MR) is 63.0 cm³/mol. The third-order valence-corrected chi connectivity index (χ3v) is 3.70. The Bertz CT molecular complexity index is 379. The quantitative estimate of drug-likeness (QED) is 0.601. The van der Waals surface area contributed by atoms with Gasteiger partial charge in [0, 0.05) is 0 Å². The van der Waals surface area contributed by atoms with E-state index >= 15 is 0 Å². The van der Waals surface area contributed by atoms with Gasteiger partial charge in [0.05, 0.1) is 14.9 Å². The molecule has 1 aliphatic carbocycles. The minimum absolute atomic E-state index is 0.165. The fourth-order valence-electron chi connectivity index (χ4n) is 1.74. The maximum Gasteiger partial charge on any atom is 0.333 e. The Balaban J connectivity index is 3.29. The Morgan fingerprint density at radius 1 is 1.47 bits per heavy atom. The number of aliphatic carboxylic acids is 2. The largest absolute Gasteiger partial charge is 0.481 e. The van der Waals surface area contributed by atoms with E-state index in [0.717, 1.165) is 0 Å². The fourth-order valence-corrected chi connectivity index (χ4v) is 2.87. The summed E-state index contributed by atoms with van der Waals surface area (Å²) in [4.78, 5) is 22.0. The smallest absolute Gasteiger partial charge is 0.333 e. The van der Waals surface area contributed by atoms with E-state index in [-0.39, 0.29) is 5.57 Å². The molecule has 0 fully saturated rings. The van der Waals surface area contributed by atoms with Crippen molar-refractivity contribution in [3.05, 3.63) is 23.3 Å². The summed E-state index contributed by atoms with van der Waals surface area (Å²) in [7, 11) is 0. The van der Waals surface area contributed by atoms with Crippen molar-refractivity contribution in [3.8, 4) is 0 Å². The van der Waals surface area contributed by atoms with Crippen molar-refractivity contribution in [3.63, 3.8) is 0 Å². The Labute approximate surface area is 101 Å². The number of halogens is 1. The zero-order chi connectivity index (χ0) is 11.8. The molecule has 2 N–H and O–H groups in total. The lowest BCUT2D eigenvalue weighted by atomic mass is 9.80. The third kappa shape index (κ3) is 2.06. The molecule has 0 saturated carbocycles. The van der Waals surface area contributed by atoms with Gasteiger partial charge in [-0.15, -0.1) is 0 Å². The highest BCUT2D eigenvalue weighted by Gasteiger charge is 2.44. The van der Waals surface area contributed by atoms with E-state index < -0.39 is 21.3 Å². The van der Waals surface area contributed by atoms with Crippen LogP contribution < -0.4 is 0 Å². The van der Waals surface area contributed by atoms with Crippen molar-refractivity contribution in [1.29, 1.82) is 0 Å². The van der Waals surface area contributed by atoms with E-state index in [0.29, 0.717) is 5.57 Å². The SMILES string of the molecule is CC1=C(C(=O)O)C(C)(I)C(C(=O)O)C=C1. The summed E-state index contributed by atoms with van der Waals surface area (Å²) in [6, 6.07) is 0. The predicted octanol–water partition coefficient (Wildman–Crippen LogP) is 1.85. The molecule has 0 aromatic heterocycles. The summed E-state index contributed by atoms with van der Waals surface area (Å²) in [6.45, 7) is 3.30. The van der Waals surface area contributed by atoms with Crippen LogP contribution in [0.15, 0.2) is 23.3 Å². The monoisotopic (exact) mass is 322 g/mol. The molecule has 0 aromatic carbocycles. The van der Waals surface area contributed by atoms with Crippen LogP contribution in [-0.2, 0) is 9.59 Å². The lowest BCUT2D eigenvalue weighted by Gasteiger charge is -2.32. The average molecular weight is 322 g/mol. The Kier molecular flexibility index (Phi) is 3.22. The van der Waals surface area contributed by atoms with Crippen LogP contribution in [-0.4, -0.2) is 25.6 Å². The topological polar surface area (TPSA) is 74.6 Å². The van der Waals surface area contributed by atoms with E-state index in [4.69, 9.17) is 10.2 Å². The van der Waals surface area contributed by atoms with Gasteiger partial charge in [0.1, 0.15) is 0 Å². The standard InChI is InChI=1S/C10H11IO4/c1-5-3-4-6(8(12)13)10(2,11)7(5)9(14)15/h3-4,6H,1-2H3,(H,12,13)(H,14,15). The molecule has 0 amide bonds. The fraction of sp³-hybridized carbons (Fsp3) is 0.400. The van der Waals surface area contributed by atoms with Crippen molar-refractivity contribution in [2.24, 2.45) is 5.92 Å². The van der Waals surface area contributed by atoms with Crippen LogP contribution in [0.2, 0.25) is 0 Å². The number of hydrogen-bond acceptors (Lipinski definition) is 2. The summed E-state index contributed by atoms with van der Waals surface area (Å²) in [5.74, 6) is -2.86. The van der Waals surface area contributed by atoms with Gasteiger partial charge < -0.3 is 10.2 Å². The summed E-state index contributed by atoms with van der Waals surface area (Å²) in [5.41, 5.74) is 0.773. The van der Waals surface area contributed by atoms with E-state index in [1.54, 1.807) is 19.9 Å². The molecule has 1 rings (SSSR count). The van der Waals surface area contributed by atoms with Gasteiger partial charge in [-0.25, -0.2) is 4.79 Å². The lowest BCUT2D eigenvalue weighted by molar-refractivity contribution is -0.140. The molecule has 0 aromatic rings. The van der Waals surface area contributed by atoms with Gasteiger partial charge in [0.25, 0.3) is 0 Å². The Morgan fingerprint density at radius 2 is 2.00 bits per heavy atom. The van der Waals surface area contributed by atoms with Gasteiger partial charge in [-0.3, -0.25) is 4.79 Å². The van der Waals surface area contributed by atoms with Gasteiger partial charge in [0.2, 0.25) is 0 Å². The summed E-state index contributed by atoms with van der Waals surface area (Å²) in [6.07, 6.45) is 3.10. The lowest BCUT2D eigenvalue weighted by Crippen LogP contribution is -2.39. The maximum atomic E-state index is 11.1. The van der Waals surface area contributed by atoms with Crippen LogP contribution in [0.5, 0.6) is 0 Å². The molecule has 2 atom stereocenters. The molecule has 1 aliphatic rings. The zero-order valence-corrected chi connectivity index (χ0v) is 10.5. The van der Waals surface area contributed by atoms with Crippen LogP contribution in [0.25, 0.3) is 0 Å². The van der Waals surface area contributed by atoms with Gasteiger partial charge >= 0.3 is 11.9 Å². The molecular weight excluding hydrogens is 311 g/mol. The van der Waals surface area contributed by atoms with Crippen molar-refractivity contribution in [1.82, 2.24) is 0 Å². The highest BCUT2D eigenvalue weighted by atomic mass is 127. The van der Waals surface area contributed by atoms with E-state index in [2.05, 4.69) is 0 Å². The minimum atomic E-state index is -1.06. The summed E-state index contributed by atoms with van der Waals surface area (Å²) >= 11 is 1.89. The van der Waals surface area contributed by atoms with Crippen molar-refractivity contribution in [2.45, 2.75) is 17.3 Å². The van der Waals surface area contributed by atoms with Gasteiger partial charge in [-0.2, -0.15) is 0 Å². The number of allylic oxidation sites excluding steroid dienone is 2. The number of carboxylic acids is 2. The molecule has 5 heteroatoms. The number of carbonyl (C=O) groups is 2. The zero-order valence-electron chi connectivity index (χ0n) is 8.32. The number of alkyl halides is 1. The first-order valence-corrected chi connectivity index (χ1v) is 5.41. The Hall–Kier alpha value is -0.850. The molecule has 2 unspecified atom stereocenters. The van der Waals surface area contributed by atoms with Crippen LogP contribution in [0.1, 0.15) is 13.8 Å². The second-order valence-corrected chi connectivity index (χ2v) is 5.85. The van der Waals surface area contributed by atoms with Gasteiger partial charge in [-0.1, -0.05) is 34.7 Å². The van der Waals surface area contributed by atoms with Crippen molar-refractivity contribution in [2.75, 3.05) is 0 Å². The van der Waals surface area contributed by atoms with Gasteiger partial charge in [0.15, 0.2) is 0 Å². The van der Waals surface area contributed by atoms with Crippen LogP contribution in [0.3, 0.4) is 0 Å². The first kappa shape index (κ1) is 12.2. The van der Waals surface area contributed by atoms with E-state index in [1.807, 2.05) is 22.6 Å². The number of rotatable bonds is 2. The number of hydrogen-bond donors (Lipinski definition) is 2.